The van der Waals surface area contributed by atoms with E-state index in [-0.39, 0.29) is 12.0 Å². The Morgan fingerprint density at radius 1 is 1.13 bits per heavy atom. The molecular formula is C18H18N2O3. The molecule has 2 aromatic rings. The molecule has 1 aliphatic heterocycles. The van der Waals surface area contributed by atoms with E-state index < -0.39 is 0 Å². The highest BCUT2D eigenvalue weighted by Crippen LogP contribution is 2.21. The average Bonchev–Trinajstić information content (AvgIpc) is 2.63. The van der Waals surface area contributed by atoms with Crippen molar-refractivity contribution < 1.29 is 14.3 Å². The lowest BCUT2D eigenvalue weighted by Crippen LogP contribution is -2.33. The largest absolute Gasteiger partial charge is 0.371 e. The van der Waals surface area contributed by atoms with Gasteiger partial charge in [-0.05, 0) is 29.8 Å². The van der Waals surface area contributed by atoms with E-state index in [2.05, 4.69) is 10.6 Å². The molecule has 1 fully saturated rings. The van der Waals surface area contributed by atoms with Crippen LogP contribution < -0.4 is 10.6 Å². The molecule has 5 nitrogen and oxygen atoms in total. The van der Waals surface area contributed by atoms with Gasteiger partial charge in [0.25, 0.3) is 5.91 Å². The third-order valence-corrected chi connectivity index (χ3v) is 3.78. The second kappa shape index (κ2) is 7.17. The molecule has 2 N–H and O–H groups in total. The summed E-state index contributed by atoms with van der Waals surface area (Å²) in [5.74, 6) is -0.203. The molecule has 1 heterocycles. The van der Waals surface area contributed by atoms with Gasteiger partial charge in [-0.1, -0.05) is 24.3 Å². The number of hydrogen-bond acceptors (Lipinski definition) is 4. The van der Waals surface area contributed by atoms with E-state index in [0.717, 1.165) is 30.6 Å². The van der Waals surface area contributed by atoms with Crippen molar-refractivity contribution in [2.75, 3.05) is 25.0 Å². The highest BCUT2D eigenvalue weighted by molar-refractivity contribution is 6.04. The van der Waals surface area contributed by atoms with Crippen LogP contribution in [-0.4, -0.2) is 31.9 Å². The quantitative estimate of drug-likeness (QED) is 0.851. The van der Waals surface area contributed by atoms with Gasteiger partial charge in [0.1, 0.15) is 6.29 Å². The van der Waals surface area contributed by atoms with E-state index in [1.807, 2.05) is 24.3 Å². The zero-order chi connectivity index (χ0) is 16.1. The Labute approximate surface area is 134 Å². The number of ether oxygens (including phenoxy) is 1. The van der Waals surface area contributed by atoms with Gasteiger partial charge in [-0.25, -0.2) is 0 Å². The molecule has 1 amide bonds. The third-order valence-electron chi connectivity index (χ3n) is 3.78. The Morgan fingerprint density at radius 2 is 1.87 bits per heavy atom. The zero-order valence-corrected chi connectivity index (χ0v) is 12.6. The van der Waals surface area contributed by atoms with Crippen LogP contribution in [0.25, 0.3) is 0 Å². The minimum atomic E-state index is -0.203. The van der Waals surface area contributed by atoms with Gasteiger partial charge < -0.3 is 15.4 Å². The summed E-state index contributed by atoms with van der Waals surface area (Å²) in [6.07, 6.45) is 0.812. The van der Waals surface area contributed by atoms with Crippen molar-refractivity contribution in [2.45, 2.75) is 6.10 Å². The minimum Gasteiger partial charge on any atom is -0.371 e. The number of nitrogens with one attached hydrogen (secondary N) is 2. The number of carbonyl (C=O) groups is 2. The van der Waals surface area contributed by atoms with Crippen molar-refractivity contribution in [1.82, 2.24) is 5.32 Å². The first kappa shape index (κ1) is 15.4. The summed E-state index contributed by atoms with van der Waals surface area (Å²) in [4.78, 5) is 22.8. The monoisotopic (exact) mass is 310 g/mol. The van der Waals surface area contributed by atoms with Gasteiger partial charge in [0.15, 0.2) is 0 Å². The number of morpholine rings is 1. The van der Waals surface area contributed by atoms with Crippen LogP contribution in [0.5, 0.6) is 0 Å². The second-order valence-corrected chi connectivity index (χ2v) is 5.38. The molecule has 1 unspecified atom stereocenters. The van der Waals surface area contributed by atoms with Crippen LogP contribution in [0.4, 0.5) is 5.69 Å². The molecule has 0 radical (unpaired) electrons. The minimum absolute atomic E-state index is 0.0596. The molecule has 0 saturated carbocycles. The summed E-state index contributed by atoms with van der Waals surface area (Å²) in [7, 11) is 0. The first-order valence-electron chi connectivity index (χ1n) is 7.55. The van der Waals surface area contributed by atoms with Crippen molar-refractivity contribution >= 4 is 17.9 Å². The summed E-state index contributed by atoms with van der Waals surface area (Å²) in [5.41, 5.74) is 2.87. The SMILES string of the molecule is O=Cc1ccc(C(=O)Nc2ccc(C3CNCCO3)cc2)cc1. The lowest BCUT2D eigenvalue weighted by Gasteiger charge is -2.24. The van der Waals surface area contributed by atoms with E-state index >= 15 is 0 Å². The van der Waals surface area contributed by atoms with E-state index in [4.69, 9.17) is 4.74 Å². The van der Waals surface area contributed by atoms with Crippen LogP contribution in [-0.2, 0) is 4.74 Å². The maximum Gasteiger partial charge on any atom is 0.255 e. The predicted molar refractivity (Wildman–Crippen MR) is 87.8 cm³/mol. The summed E-state index contributed by atoms with van der Waals surface area (Å²) in [6, 6.07) is 14.2. The molecular weight excluding hydrogens is 292 g/mol. The first-order valence-corrected chi connectivity index (χ1v) is 7.55. The van der Waals surface area contributed by atoms with Gasteiger partial charge in [-0.2, -0.15) is 0 Å². The van der Waals surface area contributed by atoms with Gasteiger partial charge in [0.2, 0.25) is 0 Å². The van der Waals surface area contributed by atoms with Crippen molar-refractivity contribution in [3.05, 3.63) is 65.2 Å². The maximum absolute atomic E-state index is 12.2. The molecule has 5 heteroatoms. The Kier molecular flexibility index (Phi) is 4.80. The molecule has 2 aromatic carbocycles. The van der Waals surface area contributed by atoms with Gasteiger partial charge >= 0.3 is 0 Å². The summed E-state index contributed by atoms with van der Waals surface area (Å²) in [5, 5.41) is 6.13. The smallest absolute Gasteiger partial charge is 0.255 e. The Balaban J connectivity index is 1.64. The van der Waals surface area contributed by atoms with E-state index in [9.17, 15) is 9.59 Å². The summed E-state index contributed by atoms with van der Waals surface area (Å²) < 4.78 is 5.70. The fourth-order valence-corrected chi connectivity index (χ4v) is 2.48. The predicted octanol–water partition coefficient (Wildman–Crippen LogP) is 2.41. The molecule has 0 spiro atoms. The van der Waals surface area contributed by atoms with Crippen molar-refractivity contribution in [2.24, 2.45) is 0 Å². The Morgan fingerprint density at radius 3 is 2.48 bits per heavy atom. The highest BCUT2D eigenvalue weighted by atomic mass is 16.5. The molecule has 0 aliphatic carbocycles. The van der Waals surface area contributed by atoms with Crippen molar-refractivity contribution in [3.63, 3.8) is 0 Å². The highest BCUT2D eigenvalue weighted by Gasteiger charge is 2.15. The van der Waals surface area contributed by atoms with Gasteiger partial charge in [-0.3, -0.25) is 9.59 Å². The van der Waals surface area contributed by atoms with Crippen LogP contribution in [0, 0.1) is 0 Å². The number of carbonyl (C=O) groups excluding carboxylic acids is 2. The van der Waals surface area contributed by atoms with Crippen molar-refractivity contribution in [1.29, 1.82) is 0 Å². The fourth-order valence-electron chi connectivity index (χ4n) is 2.48. The number of hydrogen-bond donors (Lipinski definition) is 2. The lowest BCUT2D eigenvalue weighted by atomic mass is 10.1. The Bertz CT molecular complexity index is 674. The standard InChI is InChI=1S/C18H18N2O3/c21-12-13-1-3-15(4-2-13)18(22)20-16-7-5-14(6-8-16)17-11-19-9-10-23-17/h1-8,12,17,19H,9-11H2,(H,20,22). The van der Waals surface area contributed by atoms with Crippen LogP contribution in [0.15, 0.2) is 48.5 Å². The van der Waals surface area contributed by atoms with Gasteiger partial charge in [0, 0.05) is 29.9 Å². The molecule has 1 saturated heterocycles. The molecule has 1 atom stereocenters. The van der Waals surface area contributed by atoms with Crippen molar-refractivity contribution in [3.8, 4) is 0 Å². The number of aldehydes is 1. The molecule has 0 aromatic heterocycles. The molecule has 23 heavy (non-hydrogen) atoms. The third kappa shape index (κ3) is 3.83. The fraction of sp³-hybridized carbons (Fsp3) is 0.222. The first-order chi connectivity index (χ1) is 11.3. The maximum atomic E-state index is 12.2. The van der Waals surface area contributed by atoms with Crippen LogP contribution >= 0.6 is 0 Å². The Hall–Kier alpha value is -2.50. The lowest BCUT2D eigenvalue weighted by molar-refractivity contribution is 0.0277. The number of amides is 1. The van der Waals surface area contributed by atoms with Crippen LogP contribution in [0.3, 0.4) is 0 Å². The number of benzene rings is 2. The van der Waals surface area contributed by atoms with Crippen LogP contribution in [0.2, 0.25) is 0 Å². The molecule has 118 valence electrons. The van der Waals surface area contributed by atoms with E-state index in [1.54, 1.807) is 24.3 Å². The number of anilines is 1. The average molecular weight is 310 g/mol. The van der Waals surface area contributed by atoms with Crippen LogP contribution in [0.1, 0.15) is 32.4 Å². The summed E-state index contributed by atoms with van der Waals surface area (Å²) in [6.45, 7) is 2.39. The molecule has 1 aliphatic rings. The van der Waals surface area contributed by atoms with E-state index in [1.165, 1.54) is 0 Å². The second-order valence-electron chi connectivity index (χ2n) is 5.38. The van der Waals surface area contributed by atoms with Gasteiger partial charge in [0.05, 0.1) is 12.7 Å². The summed E-state index contributed by atoms with van der Waals surface area (Å²) >= 11 is 0. The normalized spacial score (nSPS) is 17.5. The number of rotatable bonds is 4. The molecule has 0 bridgehead atoms. The zero-order valence-electron chi connectivity index (χ0n) is 12.6. The topological polar surface area (TPSA) is 67.4 Å². The molecule has 3 rings (SSSR count). The van der Waals surface area contributed by atoms with E-state index in [0.29, 0.717) is 17.7 Å². The van der Waals surface area contributed by atoms with Gasteiger partial charge in [-0.15, -0.1) is 0 Å².